The Bertz CT molecular complexity index is 551. The average molecular weight is 322 g/mol. The van der Waals surface area contributed by atoms with E-state index in [-0.39, 0.29) is 11.4 Å². The highest BCUT2D eigenvalue weighted by Crippen LogP contribution is 2.45. The fourth-order valence-corrected chi connectivity index (χ4v) is 4.23. The number of rotatable bonds is 0. The van der Waals surface area contributed by atoms with Gasteiger partial charge in [-0.25, -0.2) is 0 Å². The van der Waals surface area contributed by atoms with Gasteiger partial charge in [-0.1, -0.05) is 15.9 Å². The van der Waals surface area contributed by atoms with Crippen molar-refractivity contribution in [2.24, 2.45) is 5.92 Å². The third kappa shape index (κ3) is 1.77. The quantitative estimate of drug-likeness (QED) is 0.736. The van der Waals surface area contributed by atoms with Crippen LogP contribution in [0.25, 0.3) is 0 Å². The molecule has 4 aliphatic heterocycles. The first-order chi connectivity index (χ1) is 9.16. The third-order valence-electron chi connectivity index (χ3n) is 4.84. The van der Waals surface area contributed by atoms with Crippen molar-refractivity contribution in [2.45, 2.75) is 24.9 Å². The zero-order chi connectivity index (χ0) is 13.0. The van der Waals surface area contributed by atoms with E-state index in [0.717, 1.165) is 35.4 Å². The summed E-state index contributed by atoms with van der Waals surface area (Å²) in [4.78, 5) is 14.9. The van der Waals surface area contributed by atoms with E-state index in [1.165, 1.54) is 12.8 Å². The number of nitrogens with zero attached hydrogens (tertiary/aromatic N) is 1. The number of Topliss-reactive ketones (excluding diaryl/α,β-unsaturated/α-hetero) is 1. The molecule has 3 fully saturated rings. The molecule has 4 heterocycles. The predicted molar refractivity (Wildman–Crippen MR) is 75.6 cm³/mol. The molecule has 1 aromatic carbocycles. The van der Waals surface area contributed by atoms with Gasteiger partial charge in [0.05, 0.1) is 12.0 Å². The number of hydrogen-bond acceptors (Lipinski definition) is 3. The Morgan fingerprint density at radius 2 is 2.11 bits per heavy atom. The molecular formula is C15H16BrNO2. The molecule has 19 heavy (non-hydrogen) atoms. The van der Waals surface area contributed by atoms with Crippen LogP contribution in [-0.4, -0.2) is 35.9 Å². The van der Waals surface area contributed by atoms with Crippen molar-refractivity contribution in [2.75, 3.05) is 19.6 Å². The molecule has 3 saturated heterocycles. The molecule has 0 amide bonds. The van der Waals surface area contributed by atoms with Gasteiger partial charge in [-0.05, 0) is 44.1 Å². The van der Waals surface area contributed by atoms with Gasteiger partial charge in [-0.15, -0.1) is 0 Å². The number of piperidine rings is 3. The second kappa shape index (κ2) is 4.06. The lowest BCUT2D eigenvalue weighted by Gasteiger charge is -2.54. The molecule has 1 atom stereocenters. The van der Waals surface area contributed by atoms with Crippen molar-refractivity contribution < 1.29 is 9.53 Å². The van der Waals surface area contributed by atoms with E-state index in [4.69, 9.17) is 4.74 Å². The molecule has 4 heteroatoms. The molecule has 5 rings (SSSR count). The minimum atomic E-state index is -0.256. The summed E-state index contributed by atoms with van der Waals surface area (Å²) in [7, 11) is 0. The highest BCUT2D eigenvalue weighted by atomic mass is 79.9. The second-order valence-corrected chi connectivity index (χ2v) is 6.87. The Morgan fingerprint density at radius 1 is 1.32 bits per heavy atom. The van der Waals surface area contributed by atoms with Crippen LogP contribution in [-0.2, 0) is 0 Å². The molecule has 0 unspecified atom stereocenters. The van der Waals surface area contributed by atoms with E-state index in [2.05, 4.69) is 20.8 Å². The number of hydrogen-bond donors (Lipinski definition) is 0. The number of benzene rings is 1. The number of halogens is 1. The van der Waals surface area contributed by atoms with Crippen molar-refractivity contribution in [3.05, 3.63) is 28.2 Å². The van der Waals surface area contributed by atoms with Gasteiger partial charge >= 0.3 is 0 Å². The van der Waals surface area contributed by atoms with Gasteiger partial charge in [0.15, 0.2) is 5.78 Å². The van der Waals surface area contributed by atoms with Crippen LogP contribution in [0.4, 0.5) is 0 Å². The van der Waals surface area contributed by atoms with E-state index in [0.29, 0.717) is 12.3 Å². The molecule has 0 aromatic heterocycles. The number of ether oxygens (including phenoxy) is 1. The zero-order valence-electron chi connectivity index (χ0n) is 10.7. The lowest BCUT2D eigenvalue weighted by Crippen LogP contribution is -2.63. The lowest BCUT2D eigenvalue weighted by molar-refractivity contribution is -0.0959. The standard InChI is InChI=1S/C15H16BrNO2/c16-11-1-2-14-12(7-11)13(18)8-15(19-14)9-17-5-3-10(15)4-6-17/h1-2,7,10H,3-6,8-9H2/t15-/m1/s1. The summed E-state index contributed by atoms with van der Waals surface area (Å²) < 4.78 is 7.27. The van der Waals surface area contributed by atoms with Gasteiger partial charge < -0.3 is 4.74 Å². The van der Waals surface area contributed by atoms with Gasteiger partial charge in [0.25, 0.3) is 0 Å². The lowest BCUT2D eigenvalue weighted by atomic mass is 9.71. The van der Waals surface area contributed by atoms with Crippen LogP contribution >= 0.6 is 15.9 Å². The summed E-state index contributed by atoms with van der Waals surface area (Å²) >= 11 is 3.42. The molecule has 4 aliphatic rings. The molecule has 1 aromatic rings. The van der Waals surface area contributed by atoms with Crippen LogP contribution in [0.2, 0.25) is 0 Å². The normalized spacial score (nSPS) is 36.2. The first kappa shape index (κ1) is 11.9. The number of carbonyl (C=O) groups excluding carboxylic acids is 1. The van der Waals surface area contributed by atoms with E-state index < -0.39 is 0 Å². The number of carbonyl (C=O) groups is 1. The van der Waals surface area contributed by atoms with Crippen LogP contribution in [0.1, 0.15) is 29.6 Å². The Morgan fingerprint density at radius 3 is 2.79 bits per heavy atom. The molecule has 1 spiro atoms. The Hall–Kier alpha value is -0.870. The fraction of sp³-hybridized carbons (Fsp3) is 0.533. The maximum atomic E-state index is 12.5. The predicted octanol–water partition coefficient (Wildman–Crippen LogP) is 2.88. The van der Waals surface area contributed by atoms with E-state index in [9.17, 15) is 4.79 Å². The molecule has 100 valence electrons. The van der Waals surface area contributed by atoms with E-state index in [1.54, 1.807) is 0 Å². The molecule has 0 N–H and O–H groups in total. The Kier molecular flexibility index (Phi) is 2.55. The highest BCUT2D eigenvalue weighted by Gasteiger charge is 2.52. The minimum absolute atomic E-state index is 0.233. The van der Waals surface area contributed by atoms with Crippen LogP contribution in [0.15, 0.2) is 22.7 Å². The highest BCUT2D eigenvalue weighted by molar-refractivity contribution is 9.10. The minimum Gasteiger partial charge on any atom is -0.484 e. The van der Waals surface area contributed by atoms with Crippen molar-refractivity contribution in [1.82, 2.24) is 4.90 Å². The Labute approximate surface area is 121 Å². The van der Waals surface area contributed by atoms with Crippen LogP contribution in [0.5, 0.6) is 5.75 Å². The monoisotopic (exact) mass is 321 g/mol. The van der Waals surface area contributed by atoms with Gasteiger partial charge in [0.2, 0.25) is 0 Å². The van der Waals surface area contributed by atoms with Crippen molar-refractivity contribution >= 4 is 21.7 Å². The van der Waals surface area contributed by atoms with Crippen molar-refractivity contribution in [3.63, 3.8) is 0 Å². The third-order valence-corrected chi connectivity index (χ3v) is 5.33. The van der Waals surface area contributed by atoms with Gasteiger partial charge in [-0.3, -0.25) is 9.69 Å². The summed E-state index contributed by atoms with van der Waals surface area (Å²) in [6.07, 6.45) is 2.87. The Balaban J connectivity index is 1.75. The number of ketones is 1. The van der Waals surface area contributed by atoms with Crippen molar-refractivity contribution in [1.29, 1.82) is 0 Å². The number of fused-ring (bicyclic) bond motifs is 3. The molecule has 0 saturated carbocycles. The van der Waals surface area contributed by atoms with E-state index in [1.807, 2.05) is 18.2 Å². The molecule has 3 nitrogen and oxygen atoms in total. The van der Waals surface area contributed by atoms with Crippen LogP contribution in [0, 0.1) is 5.92 Å². The topological polar surface area (TPSA) is 29.5 Å². The second-order valence-electron chi connectivity index (χ2n) is 5.96. The van der Waals surface area contributed by atoms with Gasteiger partial charge in [0.1, 0.15) is 11.4 Å². The summed E-state index contributed by atoms with van der Waals surface area (Å²) in [6, 6.07) is 5.76. The van der Waals surface area contributed by atoms with E-state index >= 15 is 0 Å². The first-order valence-electron chi connectivity index (χ1n) is 6.90. The largest absolute Gasteiger partial charge is 0.484 e. The summed E-state index contributed by atoms with van der Waals surface area (Å²) in [6.45, 7) is 3.24. The average Bonchev–Trinajstić information content (AvgIpc) is 2.41. The first-order valence-corrected chi connectivity index (χ1v) is 7.70. The van der Waals surface area contributed by atoms with Crippen molar-refractivity contribution in [3.8, 4) is 5.75 Å². The molecule has 0 radical (unpaired) electrons. The smallest absolute Gasteiger partial charge is 0.170 e. The summed E-state index contributed by atoms with van der Waals surface area (Å²) in [5, 5.41) is 0. The maximum absolute atomic E-state index is 12.5. The SMILES string of the molecule is O=C1C[C@]2(CN3CCC2CC3)Oc2ccc(Br)cc21. The molecule has 0 aliphatic carbocycles. The van der Waals surface area contributed by atoms with Crippen LogP contribution < -0.4 is 4.74 Å². The molecule has 2 bridgehead atoms. The fourth-order valence-electron chi connectivity index (χ4n) is 3.87. The van der Waals surface area contributed by atoms with Crippen LogP contribution in [0.3, 0.4) is 0 Å². The summed E-state index contributed by atoms with van der Waals surface area (Å²) in [5.41, 5.74) is 0.477. The van der Waals surface area contributed by atoms with Gasteiger partial charge in [-0.2, -0.15) is 0 Å². The molecular weight excluding hydrogens is 306 g/mol. The maximum Gasteiger partial charge on any atom is 0.170 e. The van der Waals surface area contributed by atoms with Gasteiger partial charge in [0, 0.05) is 16.9 Å². The zero-order valence-corrected chi connectivity index (χ0v) is 12.3. The summed E-state index contributed by atoms with van der Waals surface area (Å²) in [5.74, 6) is 1.54.